The molecule has 0 N–H and O–H groups in total. The Labute approximate surface area is 163 Å². The van der Waals surface area contributed by atoms with Crippen molar-refractivity contribution in [3.8, 4) is 34.5 Å². The average Bonchev–Trinajstić information content (AvgIpc) is 2.63. The predicted molar refractivity (Wildman–Crippen MR) is 108 cm³/mol. The van der Waals surface area contributed by atoms with E-state index in [0.29, 0.717) is 23.7 Å². The van der Waals surface area contributed by atoms with Gasteiger partial charge in [-0.05, 0) is 12.8 Å². The third-order valence-corrected chi connectivity index (χ3v) is 4.42. The second-order valence-corrected chi connectivity index (χ2v) is 11.7. The Bertz CT molecular complexity index is 659. The number of hydrogen-bond donors (Lipinski definition) is 0. The molecule has 6 nitrogen and oxygen atoms in total. The first-order valence-electron chi connectivity index (χ1n) is 8.95. The van der Waals surface area contributed by atoms with Gasteiger partial charge in [-0.25, -0.2) is 4.79 Å². The lowest BCUT2D eigenvalue weighted by atomic mass is 10.2. The molecule has 0 heterocycles. The van der Waals surface area contributed by atoms with Crippen LogP contribution in [0.25, 0.3) is 0 Å². The lowest BCUT2D eigenvalue weighted by Gasteiger charge is -2.16. The minimum atomic E-state index is -1.57. The van der Waals surface area contributed by atoms with E-state index in [2.05, 4.69) is 38.0 Å². The summed E-state index contributed by atoms with van der Waals surface area (Å²) in [5.74, 6) is 4.36. The lowest BCUT2D eigenvalue weighted by molar-refractivity contribution is 0.0737. The van der Waals surface area contributed by atoms with Gasteiger partial charge < -0.3 is 23.7 Å². The van der Waals surface area contributed by atoms with Crippen LogP contribution in [0, 0.1) is 11.5 Å². The van der Waals surface area contributed by atoms with Gasteiger partial charge in [0.05, 0.1) is 21.3 Å². The molecule has 0 aliphatic rings. The van der Waals surface area contributed by atoms with E-state index in [1.807, 2.05) is 0 Å². The molecule has 0 fully saturated rings. The predicted octanol–water partition coefficient (Wildman–Crippen LogP) is 4.67. The summed E-state index contributed by atoms with van der Waals surface area (Å²) in [5.41, 5.74) is 3.25. The van der Waals surface area contributed by atoms with E-state index in [1.165, 1.54) is 21.3 Å². The molecule has 1 aromatic carbocycles. The minimum absolute atomic E-state index is 0.137. The van der Waals surface area contributed by atoms with Crippen molar-refractivity contribution >= 4 is 14.2 Å². The highest BCUT2D eigenvalue weighted by molar-refractivity contribution is 6.83. The molecule has 150 valence electrons. The molecule has 0 radical (unpaired) electrons. The molecule has 0 aromatic heterocycles. The van der Waals surface area contributed by atoms with Crippen LogP contribution in [0.2, 0.25) is 19.6 Å². The van der Waals surface area contributed by atoms with Crippen LogP contribution in [0.4, 0.5) is 4.79 Å². The number of methoxy groups -OCH3 is 3. The molecule has 1 rings (SSSR count). The van der Waals surface area contributed by atoms with E-state index in [1.54, 1.807) is 12.1 Å². The van der Waals surface area contributed by atoms with Crippen LogP contribution in [0.15, 0.2) is 12.1 Å². The third-order valence-electron chi connectivity index (χ3n) is 3.52. The zero-order valence-corrected chi connectivity index (χ0v) is 18.3. The number of ether oxygens (including phenoxy) is 5. The third kappa shape index (κ3) is 7.83. The molecule has 0 spiro atoms. The number of rotatable bonds is 8. The molecule has 7 heteroatoms. The topological polar surface area (TPSA) is 63.2 Å². The maximum absolute atomic E-state index is 12.4. The summed E-state index contributed by atoms with van der Waals surface area (Å²) in [7, 11) is 2.89. The van der Waals surface area contributed by atoms with Crippen LogP contribution in [0.3, 0.4) is 0 Å². The molecule has 1 aromatic rings. The van der Waals surface area contributed by atoms with Gasteiger partial charge in [-0.1, -0.05) is 38.9 Å². The Kier molecular flexibility index (Phi) is 9.02. The molecular formula is C20H30O6Si. The first kappa shape index (κ1) is 22.7. The van der Waals surface area contributed by atoms with Crippen molar-refractivity contribution in [3.05, 3.63) is 12.1 Å². The van der Waals surface area contributed by atoms with Crippen molar-refractivity contribution < 1.29 is 28.5 Å². The smallest absolute Gasteiger partial charge is 0.496 e. The first-order valence-corrected chi connectivity index (χ1v) is 12.4. The Morgan fingerprint density at radius 3 is 2.11 bits per heavy atom. The summed E-state index contributed by atoms with van der Waals surface area (Å²) < 4.78 is 26.6. The van der Waals surface area contributed by atoms with Crippen LogP contribution < -0.4 is 18.9 Å². The maximum Gasteiger partial charge on any atom is 0.515 e. The van der Waals surface area contributed by atoms with E-state index in [4.69, 9.17) is 23.7 Å². The van der Waals surface area contributed by atoms with Crippen LogP contribution >= 0.6 is 0 Å². The summed E-state index contributed by atoms with van der Waals surface area (Å²) in [6.07, 6.45) is 1.22. The SMILES string of the molecule is CCCC[C@@H](C#C[Si](C)(C)C)OC(=O)Oc1c(OC)cc(OC)cc1OC. The monoisotopic (exact) mass is 394 g/mol. The quantitative estimate of drug-likeness (QED) is 0.276. The van der Waals surface area contributed by atoms with Gasteiger partial charge in [-0.15, -0.1) is 5.54 Å². The van der Waals surface area contributed by atoms with Crippen molar-refractivity contribution in [3.63, 3.8) is 0 Å². The van der Waals surface area contributed by atoms with Crippen LogP contribution in [0.5, 0.6) is 23.0 Å². The molecule has 0 unspecified atom stereocenters. The fourth-order valence-electron chi connectivity index (χ4n) is 2.14. The summed E-state index contributed by atoms with van der Waals surface area (Å²) >= 11 is 0. The zero-order valence-electron chi connectivity index (χ0n) is 17.3. The minimum Gasteiger partial charge on any atom is -0.496 e. The molecule has 0 aliphatic carbocycles. The van der Waals surface area contributed by atoms with E-state index in [9.17, 15) is 4.79 Å². The Balaban J connectivity index is 2.99. The number of carbonyl (C=O) groups excluding carboxylic acids is 1. The fraction of sp³-hybridized carbons (Fsp3) is 0.550. The Morgan fingerprint density at radius 1 is 1.07 bits per heavy atom. The molecule has 27 heavy (non-hydrogen) atoms. The molecule has 0 amide bonds. The lowest BCUT2D eigenvalue weighted by Crippen LogP contribution is -2.22. The summed E-state index contributed by atoms with van der Waals surface area (Å²) in [5, 5.41) is 0. The molecule has 0 saturated heterocycles. The largest absolute Gasteiger partial charge is 0.515 e. The van der Waals surface area contributed by atoms with E-state index >= 15 is 0 Å². The second kappa shape index (κ2) is 10.7. The van der Waals surface area contributed by atoms with Crippen molar-refractivity contribution in [2.45, 2.75) is 51.9 Å². The van der Waals surface area contributed by atoms with Gasteiger partial charge >= 0.3 is 6.16 Å². The standard InChI is InChI=1S/C20H30O6Si/c1-8-9-10-15(11-12-27(5,6)7)25-20(21)26-19-17(23-3)13-16(22-2)14-18(19)24-4/h13-15H,8-10H2,1-7H3/t15-/m0/s1. The maximum atomic E-state index is 12.4. The van der Waals surface area contributed by atoms with Gasteiger partial charge in [0.25, 0.3) is 0 Å². The van der Waals surface area contributed by atoms with E-state index in [0.717, 1.165) is 12.8 Å². The number of benzene rings is 1. The van der Waals surface area contributed by atoms with Gasteiger partial charge in [0.1, 0.15) is 13.8 Å². The van der Waals surface area contributed by atoms with Crippen LogP contribution in [0.1, 0.15) is 26.2 Å². The number of hydrogen-bond acceptors (Lipinski definition) is 6. The van der Waals surface area contributed by atoms with Crippen LogP contribution in [-0.4, -0.2) is 41.7 Å². The fourth-order valence-corrected chi connectivity index (χ4v) is 2.74. The molecular weight excluding hydrogens is 364 g/mol. The van der Waals surface area contributed by atoms with Gasteiger partial charge in [-0.3, -0.25) is 0 Å². The Hall–Kier alpha value is -2.33. The van der Waals surface area contributed by atoms with Gasteiger partial charge in [0.15, 0.2) is 17.6 Å². The highest BCUT2D eigenvalue weighted by atomic mass is 28.3. The summed E-state index contributed by atoms with van der Waals surface area (Å²) in [6.45, 7) is 8.50. The van der Waals surface area contributed by atoms with Crippen molar-refractivity contribution in [1.82, 2.24) is 0 Å². The van der Waals surface area contributed by atoms with Gasteiger partial charge in [-0.2, -0.15) is 0 Å². The first-order chi connectivity index (χ1) is 12.7. The number of unbranched alkanes of at least 4 members (excludes halogenated alkanes) is 1. The normalized spacial score (nSPS) is 11.7. The molecule has 0 bridgehead atoms. The second-order valence-electron chi connectivity index (χ2n) is 6.98. The van der Waals surface area contributed by atoms with Gasteiger partial charge in [0.2, 0.25) is 5.75 Å². The van der Waals surface area contributed by atoms with Crippen LogP contribution in [-0.2, 0) is 4.74 Å². The average molecular weight is 395 g/mol. The van der Waals surface area contributed by atoms with E-state index in [-0.39, 0.29) is 5.75 Å². The van der Waals surface area contributed by atoms with Crippen molar-refractivity contribution in [2.24, 2.45) is 0 Å². The number of carbonyl (C=O) groups is 1. The highest BCUT2D eigenvalue weighted by Crippen LogP contribution is 2.41. The molecule has 0 saturated carbocycles. The van der Waals surface area contributed by atoms with Crippen molar-refractivity contribution in [1.29, 1.82) is 0 Å². The van der Waals surface area contributed by atoms with Crippen molar-refractivity contribution in [2.75, 3.05) is 21.3 Å². The highest BCUT2D eigenvalue weighted by Gasteiger charge is 2.21. The van der Waals surface area contributed by atoms with Gasteiger partial charge in [0, 0.05) is 12.1 Å². The molecule has 0 aliphatic heterocycles. The summed E-state index contributed by atoms with van der Waals surface area (Å²) in [4.78, 5) is 12.4. The molecule has 1 atom stereocenters. The van der Waals surface area contributed by atoms with E-state index < -0.39 is 20.3 Å². The zero-order chi connectivity index (χ0) is 20.4. The Morgan fingerprint density at radius 2 is 1.67 bits per heavy atom. The summed E-state index contributed by atoms with van der Waals surface area (Å²) in [6, 6.07) is 3.20.